The van der Waals surface area contributed by atoms with Crippen LogP contribution in [0.3, 0.4) is 0 Å². The molecule has 0 aliphatic heterocycles. The minimum absolute atomic E-state index is 0.207. The maximum absolute atomic E-state index is 8.88. The van der Waals surface area contributed by atoms with E-state index in [0.717, 1.165) is 37.4 Å². The number of hydrogen-bond acceptors (Lipinski definition) is 6. The lowest BCUT2D eigenvalue weighted by Gasteiger charge is -2.15. The van der Waals surface area contributed by atoms with Gasteiger partial charge in [0.05, 0.1) is 11.7 Å². The SMILES string of the molecule is Cc1cc(C#N)nn1C(C)CNCCCNc1cccnc1N.c1ccccc1. The van der Waals surface area contributed by atoms with Crippen LogP contribution in [0.25, 0.3) is 0 Å². The maximum Gasteiger partial charge on any atom is 0.162 e. The summed E-state index contributed by atoms with van der Waals surface area (Å²) < 4.78 is 1.89. The minimum atomic E-state index is 0.207. The molecule has 0 saturated carbocycles. The molecule has 0 aliphatic rings. The van der Waals surface area contributed by atoms with Crippen LogP contribution in [-0.4, -0.2) is 34.4 Å². The zero-order chi connectivity index (χ0) is 20.9. The van der Waals surface area contributed by atoms with Gasteiger partial charge in [0.2, 0.25) is 0 Å². The molecule has 0 bridgehead atoms. The normalized spacial score (nSPS) is 11.1. The number of aromatic nitrogens is 3. The van der Waals surface area contributed by atoms with E-state index in [1.165, 1.54) is 0 Å². The van der Waals surface area contributed by atoms with Crippen LogP contribution in [-0.2, 0) is 0 Å². The van der Waals surface area contributed by atoms with Crippen LogP contribution in [0.4, 0.5) is 11.5 Å². The molecule has 2 aromatic heterocycles. The molecule has 2 heterocycles. The standard InChI is InChI=1S/C16H23N7.C6H6/c1-12-9-14(10-17)22-23(12)13(2)11-19-6-4-8-20-15-5-3-7-21-16(15)18;1-2-4-6-5-3-1/h3,5,7,9,13,19-20H,4,6,8,11H2,1-2H3,(H2,18,21);1-6H. The Kier molecular flexibility index (Phi) is 9.19. The predicted octanol–water partition coefficient (Wildman–Crippen LogP) is 3.38. The van der Waals surface area contributed by atoms with E-state index < -0.39 is 0 Å². The van der Waals surface area contributed by atoms with Crippen LogP contribution in [0.1, 0.15) is 30.8 Å². The highest BCUT2D eigenvalue weighted by Crippen LogP contribution is 2.13. The van der Waals surface area contributed by atoms with Gasteiger partial charge in [-0.3, -0.25) is 4.68 Å². The molecule has 0 aliphatic carbocycles. The Labute approximate surface area is 172 Å². The number of nitriles is 1. The third-order valence-corrected chi connectivity index (χ3v) is 4.25. The quantitative estimate of drug-likeness (QED) is 0.509. The van der Waals surface area contributed by atoms with Gasteiger partial charge in [0, 0.05) is 25.0 Å². The summed E-state index contributed by atoms with van der Waals surface area (Å²) in [4.78, 5) is 4.04. The highest BCUT2D eigenvalue weighted by molar-refractivity contribution is 5.60. The molecule has 3 rings (SSSR count). The van der Waals surface area contributed by atoms with Crippen LogP contribution >= 0.6 is 0 Å². The second-order valence-electron chi connectivity index (χ2n) is 6.65. The predicted molar refractivity (Wildman–Crippen MR) is 117 cm³/mol. The summed E-state index contributed by atoms with van der Waals surface area (Å²) in [5.41, 5.74) is 8.11. The number of aryl methyl sites for hydroxylation is 1. The molecule has 152 valence electrons. The lowest BCUT2D eigenvalue weighted by atomic mass is 10.3. The van der Waals surface area contributed by atoms with Crippen LogP contribution in [0.5, 0.6) is 0 Å². The van der Waals surface area contributed by atoms with Crippen molar-refractivity contribution in [1.29, 1.82) is 5.26 Å². The van der Waals surface area contributed by atoms with E-state index in [0.29, 0.717) is 11.5 Å². The molecule has 0 saturated heterocycles. The zero-order valence-electron chi connectivity index (χ0n) is 17.0. The molecular weight excluding hydrogens is 362 g/mol. The Balaban J connectivity index is 0.000000426. The number of rotatable bonds is 8. The van der Waals surface area contributed by atoms with E-state index in [1.807, 2.05) is 60.1 Å². The summed E-state index contributed by atoms with van der Waals surface area (Å²) in [6, 6.07) is 19.9. The number of benzene rings is 1. The van der Waals surface area contributed by atoms with Gasteiger partial charge in [-0.1, -0.05) is 36.4 Å². The molecule has 3 aromatic rings. The van der Waals surface area contributed by atoms with Crippen LogP contribution < -0.4 is 16.4 Å². The van der Waals surface area contributed by atoms with Gasteiger partial charge >= 0.3 is 0 Å². The third kappa shape index (κ3) is 7.64. The van der Waals surface area contributed by atoms with Gasteiger partial charge in [-0.05, 0) is 45.0 Å². The van der Waals surface area contributed by atoms with E-state index in [9.17, 15) is 0 Å². The van der Waals surface area contributed by atoms with E-state index in [2.05, 4.69) is 33.7 Å². The van der Waals surface area contributed by atoms with Gasteiger partial charge < -0.3 is 16.4 Å². The molecule has 0 spiro atoms. The van der Waals surface area contributed by atoms with Gasteiger partial charge in [0.25, 0.3) is 0 Å². The highest BCUT2D eigenvalue weighted by Gasteiger charge is 2.10. The van der Waals surface area contributed by atoms with Gasteiger partial charge in [-0.2, -0.15) is 10.4 Å². The lowest BCUT2D eigenvalue weighted by Crippen LogP contribution is -2.26. The summed E-state index contributed by atoms with van der Waals surface area (Å²) >= 11 is 0. The number of nitrogens with two attached hydrogens (primary N) is 1. The Morgan fingerprint density at radius 1 is 1.14 bits per heavy atom. The number of nitrogens with zero attached hydrogens (tertiary/aromatic N) is 4. The fourth-order valence-electron chi connectivity index (χ4n) is 2.77. The first kappa shape index (κ1) is 21.9. The van der Waals surface area contributed by atoms with Crippen molar-refractivity contribution in [3.63, 3.8) is 0 Å². The van der Waals surface area contributed by atoms with Gasteiger partial charge in [0.15, 0.2) is 5.69 Å². The van der Waals surface area contributed by atoms with Crippen LogP contribution in [0, 0.1) is 18.3 Å². The van der Waals surface area contributed by atoms with Crippen LogP contribution in [0.15, 0.2) is 60.8 Å². The van der Waals surface area contributed by atoms with Crippen molar-refractivity contribution >= 4 is 11.5 Å². The number of pyridine rings is 1. The van der Waals surface area contributed by atoms with Crippen molar-refractivity contribution < 1.29 is 0 Å². The smallest absolute Gasteiger partial charge is 0.162 e. The molecule has 0 fully saturated rings. The van der Waals surface area contributed by atoms with E-state index in [1.54, 1.807) is 12.3 Å². The molecular formula is C22H29N7. The Morgan fingerprint density at radius 2 is 1.83 bits per heavy atom. The van der Waals surface area contributed by atoms with Crippen molar-refractivity contribution in [2.24, 2.45) is 0 Å². The summed E-state index contributed by atoms with van der Waals surface area (Å²) in [7, 11) is 0. The van der Waals surface area contributed by atoms with Gasteiger partial charge in [-0.25, -0.2) is 4.98 Å². The summed E-state index contributed by atoms with van der Waals surface area (Å²) in [6.07, 6.45) is 2.65. The number of nitrogens with one attached hydrogen (secondary N) is 2. The topological polar surface area (TPSA) is 105 Å². The van der Waals surface area contributed by atoms with Crippen molar-refractivity contribution in [2.75, 3.05) is 30.7 Å². The Hall–Kier alpha value is -3.37. The summed E-state index contributed by atoms with van der Waals surface area (Å²) in [5, 5.41) is 19.8. The molecule has 0 radical (unpaired) electrons. The Morgan fingerprint density at radius 3 is 2.41 bits per heavy atom. The second-order valence-corrected chi connectivity index (χ2v) is 6.65. The molecule has 7 nitrogen and oxygen atoms in total. The number of hydrogen-bond donors (Lipinski definition) is 3. The number of anilines is 2. The molecule has 1 atom stereocenters. The first-order chi connectivity index (χ1) is 14.1. The average molecular weight is 392 g/mol. The van der Waals surface area contributed by atoms with Gasteiger partial charge in [-0.15, -0.1) is 0 Å². The first-order valence-electron chi connectivity index (χ1n) is 9.73. The summed E-state index contributed by atoms with van der Waals surface area (Å²) in [6.45, 7) is 6.58. The maximum atomic E-state index is 8.88. The summed E-state index contributed by atoms with van der Waals surface area (Å²) in [5.74, 6) is 0.525. The molecule has 1 aromatic carbocycles. The van der Waals surface area contributed by atoms with Crippen LogP contribution in [0.2, 0.25) is 0 Å². The second kappa shape index (κ2) is 12.2. The lowest BCUT2D eigenvalue weighted by molar-refractivity contribution is 0.444. The fraction of sp³-hybridized carbons (Fsp3) is 0.318. The molecule has 1 unspecified atom stereocenters. The minimum Gasteiger partial charge on any atom is -0.382 e. The van der Waals surface area contributed by atoms with Crippen molar-refractivity contribution in [2.45, 2.75) is 26.3 Å². The van der Waals surface area contributed by atoms with Crippen molar-refractivity contribution in [3.8, 4) is 6.07 Å². The third-order valence-electron chi connectivity index (χ3n) is 4.25. The largest absolute Gasteiger partial charge is 0.382 e. The van der Waals surface area contributed by atoms with E-state index >= 15 is 0 Å². The first-order valence-corrected chi connectivity index (χ1v) is 9.73. The molecule has 4 N–H and O–H groups in total. The number of nitrogen functional groups attached to an aromatic ring is 1. The van der Waals surface area contributed by atoms with Gasteiger partial charge in [0.1, 0.15) is 11.9 Å². The monoisotopic (exact) mass is 391 g/mol. The zero-order valence-corrected chi connectivity index (χ0v) is 17.0. The molecule has 29 heavy (non-hydrogen) atoms. The van der Waals surface area contributed by atoms with Crippen molar-refractivity contribution in [3.05, 3.63) is 72.2 Å². The van der Waals surface area contributed by atoms with E-state index in [4.69, 9.17) is 11.0 Å². The Bertz CT molecular complexity index is 857. The van der Waals surface area contributed by atoms with E-state index in [-0.39, 0.29) is 6.04 Å². The highest BCUT2D eigenvalue weighted by atomic mass is 15.3. The molecule has 7 heteroatoms. The van der Waals surface area contributed by atoms with Crippen molar-refractivity contribution in [1.82, 2.24) is 20.1 Å². The molecule has 0 amide bonds. The average Bonchev–Trinajstić information content (AvgIpc) is 3.14. The fourth-order valence-corrected chi connectivity index (χ4v) is 2.77.